The van der Waals surface area contributed by atoms with E-state index in [1.807, 2.05) is 42.3 Å². The molecule has 4 nitrogen and oxygen atoms in total. The third-order valence-electron chi connectivity index (χ3n) is 5.18. The summed E-state index contributed by atoms with van der Waals surface area (Å²) in [7, 11) is 2.04. The smallest absolute Gasteiger partial charge is 0.227 e. The number of rotatable bonds is 2. The number of hydrogen-bond donors (Lipinski definition) is 0. The van der Waals surface area contributed by atoms with E-state index in [0.29, 0.717) is 13.0 Å². The normalized spacial score (nSPS) is 17.9. The van der Waals surface area contributed by atoms with Crippen LogP contribution in [0.25, 0.3) is 11.0 Å². The van der Waals surface area contributed by atoms with Crippen LogP contribution in [0.3, 0.4) is 0 Å². The fourth-order valence-corrected chi connectivity index (χ4v) is 3.67. The summed E-state index contributed by atoms with van der Waals surface area (Å²) in [5, 5.41) is 0. The average Bonchev–Trinajstić information content (AvgIpc) is 3.11. The van der Waals surface area contributed by atoms with Gasteiger partial charge in [-0.05, 0) is 43.2 Å². The molecule has 1 fully saturated rings. The Morgan fingerprint density at radius 3 is 2.67 bits per heavy atom. The molecule has 0 aliphatic carbocycles. The van der Waals surface area contributed by atoms with Crippen molar-refractivity contribution in [3.8, 4) is 0 Å². The Morgan fingerprint density at radius 1 is 1.08 bits per heavy atom. The van der Waals surface area contributed by atoms with Gasteiger partial charge in [0.15, 0.2) is 0 Å². The van der Waals surface area contributed by atoms with Crippen LogP contribution in [0.5, 0.6) is 0 Å². The van der Waals surface area contributed by atoms with Gasteiger partial charge in [0.05, 0.1) is 11.0 Å². The Bertz CT molecular complexity index is 941. The number of aryl methyl sites for hydroxylation is 2. The largest absolute Gasteiger partial charge is 0.331 e. The van der Waals surface area contributed by atoms with Gasteiger partial charge in [-0.15, -0.1) is 0 Å². The molecule has 0 unspecified atom stereocenters. The fraction of sp³-hybridized carbons (Fsp3) is 0.300. The van der Waals surface area contributed by atoms with Crippen LogP contribution in [-0.4, -0.2) is 22.0 Å². The van der Waals surface area contributed by atoms with Crippen molar-refractivity contribution in [2.45, 2.75) is 26.2 Å². The van der Waals surface area contributed by atoms with Crippen LogP contribution in [0.4, 0.5) is 5.69 Å². The van der Waals surface area contributed by atoms with Crippen molar-refractivity contribution in [3.63, 3.8) is 0 Å². The van der Waals surface area contributed by atoms with Crippen molar-refractivity contribution in [1.82, 2.24) is 9.55 Å². The highest BCUT2D eigenvalue weighted by molar-refractivity contribution is 5.97. The maximum atomic E-state index is 12.6. The Balaban J connectivity index is 1.71. The molecule has 1 saturated heterocycles. The summed E-state index contributed by atoms with van der Waals surface area (Å²) in [4.78, 5) is 19.3. The van der Waals surface area contributed by atoms with Gasteiger partial charge in [-0.2, -0.15) is 0 Å². The summed E-state index contributed by atoms with van der Waals surface area (Å²) in [5.41, 5.74) is 5.53. The quantitative estimate of drug-likeness (QED) is 0.722. The number of benzene rings is 2. The fourth-order valence-electron chi connectivity index (χ4n) is 3.67. The van der Waals surface area contributed by atoms with E-state index in [9.17, 15) is 4.79 Å². The number of nitrogens with zero attached hydrogens (tertiary/aromatic N) is 3. The lowest BCUT2D eigenvalue weighted by Gasteiger charge is -2.20. The SMILES string of the molecule is Cc1cccc(N2C[C@H](c3nc4ccccc4n3C)CC2=O)c1C. The lowest BCUT2D eigenvalue weighted by molar-refractivity contribution is -0.117. The molecule has 4 rings (SSSR count). The Labute approximate surface area is 141 Å². The first-order chi connectivity index (χ1) is 11.6. The monoisotopic (exact) mass is 319 g/mol. The van der Waals surface area contributed by atoms with Crippen LogP contribution in [0, 0.1) is 13.8 Å². The number of imidazole rings is 1. The van der Waals surface area contributed by atoms with Crippen molar-refractivity contribution in [1.29, 1.82) is 0 Å². The molecule has 0 saturated carbocycles. The van der Waals surface area contributed by atoms with Crippen LogP contribution in [0.1, 0.15) is 29.3 Å². The molecule has 1 aliphatic rings. The van der Waals surface area contributed by atoms with Crippen molar-refractivity contribution in [2.75, 3.05) is 11.4 Å². The van der Waals surface area contributed by atoms with Gasteiger partial charge in [-0.25, -0.2) is 4.98 Å². The summed E-state index contributed by atoms with van der Waals surface area (Å²) in [5.74, 6) is 1.31. The van der Waals surface area contributed by atoms with Crippen LogP contribution < -0.4 is 4.90 Å². The van der Waals surface area contributed by atoms with Crippen molar-refractivity contribution in [3.05, 3.63) is 59.4 Å². The highest BCUT2D eigenvalue weighted by Gasteiger charge is 2.34. The summed E-state index contributed by atoms with van der Waals surface area (Å²) in [6.07, 6.45) is 0.518. The molecule has 3 aromatic rings. The second-order valence-corrected chi connectivity index (χ2v) is 6.64. The van der Waals surface area contributed by atoms with Crippen LogP contribution in [-0.2, 0) is 11.8 Å². The molecule has 0 N–H and O–H groups in total. The van der Waals surface area contributed by atoms with Crippen molar-refractivity contribution >= 4 is 22.6 Å². The molecule has 24 heavy (non-hydrogen) atoms. The molecule has 4 heteroatoms. The van der Waals surface area contributed by atoms with E-state index < -0.39 is 0 Å². The zero-order chi connectivity index (χ0) is 16.8. The van der Waals surface area contributed by atoms with E-state index in [1.165, 1.54) is 11.1 Å². The van der Waals surface area contributed by atoms with E-state index in [2.05, 4.69) is 30.5 Å². The van der Waals surface area contributed by atoms with Gasteiger partial charge in [0.1, 0.15) is 5.82 Å². The molecular formula is C20H21N3O. The van der Waals surface area contributed by atoms with E-state index in [4.69, 9.17) is 4.98 Å². The zero-order valence-electron chi connectivity index (χ0n) is 14.3. The van der Waals surface area contributed by atoms with Gasteiger partial charge < -0.3 is 9.47 Å². The van der Waals surface area contributed by atoms with Gasteiger partial charge in [0.2, 0.25) is 5.91 Å². The van der Waals surface area contributed by atoms with E-state index in [-0.39, 0.29) is 11.8 Å². The van der Waals surface area contributed by atoms with Gasteiger partial charge in [0.25, 0.3) is 0 Å². The molecule has 1 atom stereocenters. The lowest BCUT2D eigenvalue weighted by Crippen LogP contribution is -2.25. The van der Waals surface area contributed by atoms with Gasteiger partial charge >= 0.3 is 0 Å². The number of aromatic nitrogens is 2. The highest BCUT2D eigenvalue weighted by Crippen LogP contribution is 2.34. The van der Waals surface area contributed by atoms with E-state index >= 15 is 0 Å². The van der Waals surface area contributed by atoms with Gasteiger partial charge in [-0.3, -0.25) is 4.79 Å². The number of amides is 1. The Hall–Kier alpha value is -2.62. The third kappa shape index (κ3) is 2.21. The molecule has 0 spiro atoms. The first kappa shape index (κ1) is 14.9. The maximum Gasteiger partial charge on any atom is 0.227 e. The second-order valence-electron chi connectivity index (χ2n) is 6.64. The molecule has 122 valence electrons. The average molecular weight is 319 g/mol. The van der Waals surface area contributed by atoms with Crippen molar-refractivity contribution in [2.24, 2.45) is 7.05 Å². The summed E-state index contributed by atoms with van der Waals surface area (Å²) >= 11 is 0. The van der Waals surface area contributed by atoms with Crippen LogP contribution in [0.2, 0.25) is 0 Å². The predicted molar refractivity (Wildman–Crippen MR) is 96.3 cm³/mol. The van der Waals surface area contributed by atoms with E-state index in [1.54, 1.807) is 0 Å². The van der Waals surface area contributed by atoms with Crippen molar-refractivity contribution < 1.29 is 4.79 Å². The molecule has 0 bridgehead atoms. The minimum atomic E-state index is 0.134. The molecule has 1 aliphatic heterocycles. The number of para-hydroxylation sites is 2. The number of carbonyl (C=O) groups is 1. The molecule has 1 aromatic heterocycles. The minimum absolute atomic E-state index is 0.134. The molecular weight excluding hydrogens is 298 g/mol. The van der Waals surface area contributed by atoms with E-state index in [0.717, 1.165) is 22.5 Å². The topological polar surface area (TPSA) is 38.1 Å². The standard InChI is InChI=1S/C20H21N3O/c1-13-7-6-10-17(14(13)2)23-12-15(11-19(23)24)20-21-16-8-4-5-9-18(16)22(20)3/h4-10,15H,11-12H2,1-3H3/t15-/m1/s1. The maximum absolute atomic E-state index is 12.6. The molecule has 0 radical (unpaired) electrons. The first-order valence-electron chi connectivity index (χ1n) is 8.34. The third-order valence-corrected chi connectivity index (χ3v) is 5.18. The number of carbonyl (C=O) groups excluding carboxylic acids is 1. The number of hydrogen-bond acceptors (Lipinski definition) is 2. The van der Waals surface area contributed by atoms with Crippen LogP contribution in [0.15, 0.2) is 42.5 Å². The Kier molecular flexibility index (Phi) is 3.41. The lowest BCUT2D eigenvalue weighted by atomic mass is 10.1. The molecule has 2 heterocycles. The summed E-state index contributed by atoms with van der Waals surface area (Å²) < 4.78 is 2.12. The first-order valence-corrected chi connectivity index (χ1v) is 8.34. The number of fused-ring (bicyclic) bond motifs is 1. The van der Waals surface area contributed by atoms with Gasteiger partial charge in [0, 0.05) is 31.6 Å². The molecule has 2 aromatic carbocycles. The van der Waals surface area contributed by atoms with Crippen LogP contribution >= 0.6 is 0 Å². The zero-order valence-corrected chi connectivity index (χ0v) is 14.3. The summed E-state index contributed by atoms with van der Waals surface area (Å²) in [6.45, 7) is 4.86. The predicted octanol–water partition coefficient (Wildman–Crippen LogP) is 3.71. The second kappa shape index (κ2) is 5.48. The highest BCUT2D eigenvalue weighted by atomic mass is 16.2. The Morgan fingerprint density at radius 2 is 1.88 bits per heavy atom. The van der Waals surface area contributed by atoms with Gasteiger partial charge in [-0.1, -0.05) is 24.3 Å². The summed E-state index contributed by atoms with van der Waals surface area (Å²) in [6, 6.07) is 14.3. The number of anilines is 1. The molecule has 1 amide bonds. The minimum Gasteiger partial charge on any atom is -0.331 e.